The second-order valence-electron chi connectivity index (χ2n) is 3.66. The van der Waals surface area contributed by atoms with Crippen molar-refractivity contribution in [1.29, 1.82) is 0 Å². The summed E-state index contributed by atoms with van der Waals surface area (Å²) in [6, 6.07) is 0. The van der Waals surface area contributed by atoms with E-state index in [1.54, 1.807) is 0 Å². The molecule has 0 unspecified atom stereocenters. The summed E-state index contributed by atoms with van der Waals surface area (Å²) in [6.07, 6.45) is 1.01. The third-order valence-corrected chi connectivity index (χ3v) is 1.26. The molecule has 0 amide bonds. The van der Waals surface area contributed by atoms with Gasteiger partial charge < -0.3 is 5.32 Å². The molecular weight excluding hydrogens is 124 g/mol. The molecule has 0 aromatic heterocycles. The Balaban J connectivity index is 3.88. The molecule has 0 atom stereocenters. The zero-order valence-electron chi connectivity index (χ0n) is 7.65. The Morgan fingerprint density at radius 2 is 1.90 bits per heavy atom. The maximum Gasteiger partial charge on any atom is 0.0962 e. The van der Waals surface area contributed by atoms with Crippen LogP contribution in [0.5, 0.6) is 0 Å². The zero-order chi connectivity index (χ0) is 8.20. The van der Waals surface area contributed by atoms with Crippen LogP contribution in [0.15, 0.2) is 4.99 Å². The lowest BCUT2D eigenvalue weighted by Gasteiger charge is -2.18. The number of rotatable bonds is 1. The molecule has 0 aliphatic rings. The van der Waals surface area contributed by atoms with Crippen LogP contribution >= 0.6 is 0 Å². The van der Waals surface area contributed by atoms with E-state index < -0.39 is 0 Å². The highest BCUT2D eigenvalue weighted by molar-refractivity contribution is 5.82. The number of amidine groups is 1. The molecule has 2 nitrogen and oxygen atoms in total. The van der Waals surface area contributed by atoms with Crippen molar-refractivity contribution in [3.8, 4) is 0 Å². The predicted octanol–water partition coefficient (Wildman–Crippen LogP) is 1.67. The third-order valence-electron chi connectivity index (χ3n) is 1.26. The molecule has 0 saturated carbocycles. The molecule has 0 rings (SSSR count). The van der Waals surface area contributed by atoms with Crippen molar-refractivity contribution < 1.29 is 0 Å². The van der Waals surface area contributed by atoms with Crippen molar-refractivity contribution in [3.63, 3.8) is 0 Å². The van der Waals surface area contributed by atoms with Crippen LogP contribution < -0.4 is 5.32 Å². The molecule has 0 heterocycles. The summed E-state index contributed by atoms with van der Waals surface area (Å²) < 4.78 is 0. The zero-order valence-corrected chi connectivity index (χ0v) is 7.65. The van der Waals surface area contributed by atoms with Gasteiger partial charge >= 0.3 is 0 Å². The lowest BCUT2D eigenvalue weighted by molar-refractivity contribution is 0.430. The maximum atomic E-state index is 4.10. The van der Waals surface area contributed by atoms with Gasteiger partial charge in [-0.25, -0.2) is 0 Å². The number of hydrogen-bond acceptors (Lipinski definition) is 1. The van der Waals surface area contributed by atoms with Crippen molar-refractivity contribution in [3.05, 3.63) is 0 Å². The average Bonchev–Trinajstić information content (AvgIpc) is 1.81. The Morgan fingerprint density at radius 3 is 2.00 bits per heavy atom. The third kappa shape index (κ3) is 4.36. The molecule has 0 saturated heterocycles. The van der Waals surface area contributed by atoms with Crippen LogP contribution in [0.3, 0.4) is 0 Å². The summed E-state index contributed by atoms with van der Waals surface area (Å²) >= 11 is 0. The highest BCUT2D eigenvalue weighted by Gasteiger charge is 2.12. The van der Waals surface area contributed by atoms with E-state index in [0.717, 1.165) is 12.3 Å². The van der Waals surface area contributed by atoms with Gasteiger partial charge in [-0.3, -0.25) is 4.99 Å². The molecule has 0 aromatic rings. The van der Waals surface area contributed by atoms with Gasteiger partial charge in [0.15, 0.2) is 0 Å². The van der Waals surface area contributed by atoms with E-state index in [9.17, 15) is 0 Å². The molecule has 0 aliphatic heterocycles. The monoisotopic (exact) mass is 142 g/mol. The second kappa shape index (κ2) is 3.59. The molecule has 0 aliphatic carbocycles. The SMILES string of the molecule is CN=C(CC(C)(C)C)NC. The molecule has 60 valence electrons. The van der Waals surface area contributed by atoms with Crippen LogP contribution in [0.25, 0.3) is 0 Å². The summed E-state index contributed by atoms with van der Waals surface area (Å²) in [5, 5.41) is 3.06. The maximum absolute atomic E-state index is 4.10. The number of aliphatic imine (C=N–C) groups is 1. The van der Waals surface area contributed by atoms with E-state index in [4.69, 9.17) is 0 Å². The molecule has 1 N–H and O–H groups in total. The van der Waals surface area contributed by atoms with Crippen LogP contribution in [0.4, 0.5) is 0 Å². The second-order valence-corrected chi connectivity index (χ2v) is 3.66. The van der Waals surface area contributed by atoms with Gasteiger partial charge in [-0.05, 0) is 5.41 Å². The first kappa shape index (κ1) is 9.47. The smallest absolute Gasteiger partial charge is 0.0962 e. The van der Waals surface area contributed by atoms with Gasteiger partial charge in [-0.2, -0.15) is 0 Å². The van der Waals surface area contributed by atoms with E-state index in [1.807, 2.05) is 14.1 Å². The van der Waals surface area contributed by atoms with Gasteiger partial charge in [-0.1, -0.05) is 20.8 Å². The lowest BCUT2D eigenvalue weighted by Crippen LogP contribution is -2.24. The van der Waals surface area contributed by atoms with E-state index in [1.165, 1.54) is 0 Å². The first-order valence-corrected chi connectivity index (χ1v) is 3.63. The van der Waals surface area contributed by atoms with Gasteiger partial charge in [-0.15, -0.1) is 0 Å². The van der Waals surface area contributed by atoms with Crippen LogP contribution in [-0.2, 0) is 0 Å². The van der Waals surface area contributed by atoms with Gasteiger partial charge in [0, 0.05) is 20.5 Å². The van der Waals surface area contributed by atoms with Crippen molar-refractivity contribution in [2.45, 2.75) is 27.2 Å². The fourth-order valence-corrected chi connectivity index (χ4v) is 0.782. The standard InChI is InChI=1S/C8H18N2/c1-8(2,3)6-7(9-4)10-5/h6H2,1-5H3,(H,9,10). The average molecular weight is 142 g/mol. The van der Waals surface area contributed by atoms with Gasteiger partial charge in [0.05, 0.1) is 5.84 Å². The minimum atomic E-state index is 0.331. The minimum absolute atomic E-state index is 0.331. The summed E-state index contributed by atoms with van der Waals surface area (Å²) in [5.41, 5.74) is 0.331. The first-order valence-electron chi connectivity index (χ1n) is 3.63. The van der Waals surface area contributed by atoms with Crippen molar-refractivity contribution in [2.24, 2.45) is 10.4 Å². The highest BCUT2D eigenvalue weighted by atomic mass is 14.9. The fraction of sp³-hybridized carbons (Fsp3) is 0.875. The summed E-state index contributed by atoms with van der Waals surface area (Å²) in [7, 11) is 3.73. The van der Waals surface area contributed by atoms with Crippen molar-refractivity contribution >= 4 is 5.84 Å². The van der Waals surface area contributed by atoms with E-state index in [0.29, 0.717) is 5.41 Å². The topological polar surface area (TPSA) is 24.4 Å². The molecule has 0 bridgehead atoms. The quantitative estimate of drug-likeness (QED) is 0.437. The van der Waals surface area contributed by atoms with Gasteiger partial charge in [0.2, 0.25) is 0 Å². The molecule has 2 heteroatoms. The minimum Gasteiger partial charge on any atom is -0.377 e. The molecule has 0 aromatic carbocycles. The largest absolute Gasteiger partial charge is 0.377 e. The van der Waals surface area contributed by atoms with Gasteiger partial charge in [0.1, 0.15) is 0 Å². The Morgan fingerprint density at radius 1 is 1.40 bits per heavy atom. The predicted molar refractivity (Wildman–Crippen MR) is 46.5 cm³/mol. The fourth-order valence-electron chi connectivity index (χ4n) is 0.782. The van der Waals surface area contributed by atoms with Crippen molar-refractivity contribution in [1.82, 2.24) is 5.32 Å². The first-order chi connectivity index (χ1) is 4.49. The van der Waals surface area contributed by atoms with Crippen LogP contribution in [0.2, 0.25) is 0 Å². The van der Waals surface area contributed by atoms with Crippen LogP contribution in [-0.4, -0.2) is 19.9 Å². The molecule has 0 fully saturated rings. The van der Waals surface area contributed by atoms with Gasteiger partial charge in [0.25, 0.3) is 0 Å². The van der Waals surface area contributed by atoms with E-state index in [-0.39, 0.29) is 0 Å². The van der Waals surface area contributed by atoms with E-state index >= 15 is 0 Å². The molecule has 10 heavy (non-hydrogen) atoms. The van der Waals surface area contributed by atoms with E-state index in [2.05, 4.69) is 31.1 Å². The molecular formula is C8H18N2. The normalized spacial score (nSPS) is 13.5. The summed E-state index contributed by atoms with van der Waals surface area (Å²) in [6.45, 7) is 6.61. The molecule has 0 radical (unpaired) electrons. The number of nitrogens with one attached hydrogen (secondary N) is 1. The Hall–Kier alpha value is -0.530. The number of nitrogens with zero attached hydrogens (tertiary/aromatic N) is 1. The van der Waals surface area contributed by atoms with Crippen molar-refractivity contribution in [2.75, 3.05) is 14.1 Å². The Kier molecular flexibility index (Phi) is 3.40. The Labute approximate surface area is 63.7 Å². The summed E-state index contributed by atoms with van der Waals surface area (Å²) in [5.74, 6) is 1.08. The number of hydrogen-bond donors (Lipinski definition) is 1. The lowest BCUT2D eigenvalue weighted by atomic mass is 9.92. The van der Waals surface area contributed by atoms with Crippen LogP contribution in [0.1, 0.15) is 27.2 Å². The van der Waals surface area contributed by atoms with Crippen LogP contribution in [0, 0.1) is 5.41 Å². The Bertz CT molecular complexity index is 120. The molecule has 0 spiro atoms. The highest BCUT2D eigenvalue weighted by Crippen LogP contribution is 2.17. The summed E-state index contributed by atoms with van der Waals surface area (Å²) in [4.78, 5) is 4.10.